The third-order valence-corrected chi connectivity index (χ3v) is 5.68. The molecule has 1 amide bonds. The number of hydrogen-bond acceptors (Lipinski definition) is 4. The van der Waals surface area contributed by atoms with Crippen LogP contribution in [0, 0.1) is 6.92 Å². The zero-order chi connectivity index (χ0) is 17.4. The van der Waals surface area contributed by atoms with Gasteiger partial charge in [-0.3, -0.25) is 4.79 Å². The Morgan fingerprint density at radius 3 is 2.88 bits per heavy atom. The highest BCUT2D eigenvalue weighted by molar-refractivity contribution is 5.93. The molecule has 0 aliphatic carbocycles. The molecule has 2 aromatic rings. The molecular weight excluding hydrogens is 318 g/mol. The first-order chi connectivity index (χ1) is 12.1. The molecule has 6 nitrogen and oxygen atoms in total. The van der Waals surface area contributed by atoms with Crippen LogP contribution in [0.5, 0.6) is 0 Å². The number of carbonyl (C=O) groups is 1. The molecule has 6 heteroatoms. The van der Waals surface area contributed by atoms with Crippen molar-refractivity contribution < 1.29 is 14.3 Å². The zero-order valence-corrected chi connectivity index (χ0v) is 14.9. The van der Waals surface area contributed by atoms with Crippen LogP contribution in [-0.4, -0.2) is 58.7 Å². The Bertz CT molecular complexity index is 777. The minimum atomic E-state index is -0.223. The lowest BCUT2D eigenvalue weighted by atomic mass is 9.82. The van der Waals surface area contributed by atoms with Crippen molar-refractivity contribution in [2.75, 3.05) is 26.8 Å². The molecule has 0 saturated carbocycles. The molecule has 134 valence electrons. The summed E-state index contributed by atoms with van der Waals surface area (Å²) in [5, 5.41) is 0. The van der Waals surface area contributed by atoms with Crippen molar-refractivity contribution in [2.45, 2.75) is 44.3 Å². The Morgan fingerprint density at radius 2 is 2.16 bits per heavy atom. The van der Waals surface area contributed by atoms with E-state index in [0.717, 1.165) is 43.6 Å². The summed E-state index contributed by atoms with van der Waals surface area (Å²) in [6.45, 7) is 4.18. The SMILES string of the molecule is COC1CCCOC12CCN(C(=O)c1cn3c(C)cccc3n1)CC2. The van der Waals surface area contributed by atoms with Crippen LogP contribution in [0.3, 0.4) is 0 Å². The van der Waals surface area contributed by atoms with Crippen LogP contribution in [0.1, 0.15) is 41.9 Å². The van der Waals surface area contributed by atoms with Crippen molar-refractivity contribution in [3.63, 3.8) is 0 Å². The summed E-state index contributed by atoms with van der Waals surface area (Å²) in [4.78, 5) is 19.3. The van der Waals surface area contributed by atoms with E-state index in [1.807, 2.05) is 40.6 Å². The van der Waals surface area contributed by atoms with Crippen LogP contribution in [-0.2, 0) is 9.47 Å². The van der Waals surface area contributed by atoms with Crippen LogP contribution in [0.4, 0.5) is 0 Å². The summed E-state index contributed by atoms with van der Waals surface area (Å²) in [6.07, 6.45) is 5.70. The number of piperidine rings is 1. The first kappa shape index (κ1) is 16.5. The predicted molar refractivity (Wildman–Crippen MR) is 93.8 cm³/mol. The number of pyridine rings is 1. The van der Waals surface area contributed by atoms with Gasteiger partial charge in [-0.25, -0.2) is 4.98 Å². The van der Waals surface area contributed by atoms with Crippen LogP contribution < -0.4 is 0 Å². The smallest absolute Gasteiger partial charge is 0.274 e. The number of likely N-dealkylation sites (tertiary alicyclic amines) is 1. The Hall–Kier alpha value is -1.92. The van der Waals surface area contributed by atoms with Crippen LogP contribution in [0.15, 0.2) is 24.4 Å². The van der Waals surface area contributed by atoms with Gasteiger partial charge in [0.2, 0.25) is 0 Å². The molecular formula is C19H25N3O3. The van der Waals surface area contributed by atoms with E-state index in [4.69, 9.17) is 9.47 Å². The maximum Gasteiger partial charge on any atom is 0.274 e. The van der Waals surface area contributed by atoms with Crippen LogP contribution >= 0.6 is 0 Å². The molecule has 2 aliphatic rings. The Balaban J connectivity index is 1.50. The second-order valence-electron chi connectivity index (χ2n) is 7.09. The lowest BCUT2D eigenvalue weighted by Crippen LogP contribution is -2.56. The van der Waals surface area contributed by atoms with Gasteiger partial charge in [-0.15, -0.1) is 0 Å². The van der Waals surface area contributed by atoms with Crippen molar-refractivity contribution >= 4 is 11.6 Å². The Morgan fingerprint density at radius 1 is 1.36 bits per heavy atom. The van der Waals surface area contributed by atoms with Crippen molar-refractivity contribution in [2.24, 2.45) is 0 Å². The number of aromatic nitrogens is 2. The molecule has 0 N–H and O–H groups in total. The summed E-state index contributed by atoms with van der Waals surface area (Å²) in [5.41, 5.74) is 2.17. The number of amides is 1. The van der Waals surface area contributed by atoms with Gasteiger partial charge in [0.1, 0.15) is 11.3 Å². The maximum absolute atomic E-state index is 12.9. The fourth-order valence-corrected chi connectivity index (χ4v) is 4.20. The van der Waals surface area contributed by atoms with Crippen molar-refractivity contribution in [3.8, 4) is 0 Å². The first-order valence-corrected chi connectivity index (χ1v) is 9.04. The summed E-state index contributed by atoms with van der Waals surface area (Å²) in [6, 6.07) is 5.90. The van der Waals surface area contributed by atoms with Crippen LogP contribution in [0.2, 0.25) is 0 Å². The van der Waals surface area contributed by atoms with Crippen molar-refractivity contribution in [1.82, 2.24) is 14.3 Å². The number of ether oxygens (including phenoxy) is 2. The first-order valence-electron chi connectivity index (χ1n) is 9.04. The van der Waals surface area contributed by atoms with E-state index >= 15 is 0 Å². The molecule has 2 aliphatic heterocycles. The largest absolute Gasteiger partial charge is 0.378 e. The number of aryl methyl sites for hydroxylation is 1. The molecule has 4 heterocycles. The molecule has 4 rings (SSSR count). The van der Waals surface area contributed by atoms with Crippen molar-refractivity contribution in [3.05, 3.63) is 35.8 Å². The standard InChI is InChI=1S/C19H25N3O3/c1-14-5-3-7-17-20-15(13-22(14)17)18(23)21-10-8-19(9-11-21)16(24-2)6-4-12-25-19/h3,5,7,13,16H,4,6,8-12H2,1-2H3. The minimum absolute atomic E-state index is 0.00252. The van der Waals surface area contributed by atoms with Gasteiger partial charge in [0.15, 0.2) is 0 Å². The number of hydrogen-bond donors (Lipinski definition) is 0. The summed E-state index contributed by atoms with van der Waals surface area (Å²) < 4.78 is 13.8. The monoisotopic (exact) mass is 343 g/mol. The molecule has 25 heavy (non-hydrogen) atoms. The highest BCUT2D eigenvalue weighted by atomic mass is 16.5. The van der Waals surface area contributed by atoms with E-state index in [1.54, 1.807) is 7.11 Å². The molecule has 1 unspecified atom stereocenters. The van der Waals surface area contributed by atoms with Gasteiger partial charge < -0.3 is 18.8 Å². The van der Waals surface area contributed by atoms with Gasteiger partial charge in [0, 0.05) is 38.7 Å². The van der Waals surface area contributed by atoms with Crippen LogP contribution in [0.25, 0.3) is 5.65 Å². The number of methoxy groups -OCH3 is 1. The average molecular weight is 343 g/mol. The van der Waals surface area contributed by atoms with Gasteiger partial charge in [-0.1, -0.05) is 6.07 Å². The predicted octanol–water partition coefficient (Wildman–Crippen LogP) is 2.44. The third kappa shape index (κ3) is 2.83. The van der Waals surface area contributed by atoms with Gasteiger partial charge >= 0.3 is 0 Å². The van der Waals surface area contributed by atoms with E-state index < -0.39 is 0 Å². The summed E-state index contributed by atoms with van der Waals surface area (Å²) in [7, 11) is 1.76. The second-order valence-corrected chi connectivity index (χ2v) is 7.09. The number of nitrogens with zero attached hydrogens (tertiary/aromatic N) is 3. The molecule has 0 bridgehead atoms. The normalized spacial score (nSPS) is 23.3. The quantitative estimate of drug-likeness (QED) is 0.840. The lowest BCUT2D eigenvalue weighted by Gasteiger charge is -2.47. The maximum atomic E-state index is 12.9. The molecule has 1 atom stereocenters. The van der Waals surface area contributed by atoms with E-state index in [-0.39, 0.29) is 17.6 Å². The highest BCUT2D eigenvalue weighted by Crippen LogP contribution is 2.37. The highest BCUT2D eigenvalue weighted by Gasteiger charge is 2.45. The van der Waals surface area contributed by atoms with E-state index in [2.05, 4.69) is 4.98 Å². The average Bonchev–Trinajstić information content (AvgIpc) is 3.08. The number of rotatable bonds is 2. The van der Waals surface area contributed by atoms with Gasteiger partial charge in [0.05, 0.1) is 11.7 Å². The van der Waals surface area contributed by atoms with Gasteiger partial charge in [-0.05, 0) is 44.7 Å². The molecule has 2 fully saturated rings. The Kier molecular flexibility index (Phi) is 4.25. The Labute approximate surface area is 147 Å². The fourth-order valence-electron chi connectivity index (χ4n) is 4.20. The second kappa shape index (κ2) is 6.42. The molecule has 1 spiro atoms. The van der Waals surface area contributed by atoms with E-state index in [9.17, 15) is 4.79 Å². The fraction of sp³-hybridized carbons (Fsp3) is 0.579. The summed E-state index contributed by atoms with van der Waals surface area (Å²) >= 11 is 0. The lowest BCUT2D eigenvalue weighted by molar-refractivity contribution is -0.183. The summed E-state index contributed by atoms with van der Waals surface area (Å²) in [5.74, 6) is 0.00252. The van der Waals surface area contributed by atoms with Gasteiger partial charge in [0.25, 0.3) is 5.91 Å². The molecule has 0 aromatic carbocycles. The van der Waals surface area contributed by atoms with Crippen molar-refractivity contribution in [1.29, 1.82) is 0 Å². The third-order valence-electron chi connectivity index (χ3n) is 5.68. The molecule has 2 aromatic heterocycles. The van der Waals surface area contributed by atoms with Gasteiger partial charge in [-0.2, -0.15) is 0 Å². The number of fused-ring (bicyclic) bond motifs is 1. The van der Waals surface area contributed by atoms with E-state index in [1.165, 1.54) is 0 Å². The zero-order valence-electron chi connectivity index (χ0n) is 14.9. The molecule has 2 saturated heterocycles. The molecule has 0 radical (unpaired) electrons. The number of imidazole rings is 1. The number of carbonyl (C=O) groups excluding carboxylic acids is 1. The minimum Gasteiger partial charge on any atom is -0.378 e. The topological polar surface area (TPSA) is 56.1 Å². The van der Waals surface area contributed by atoms with E-state index in [0.29, 0.717) is 18.8 Å².